The van der Waals surface area contributed by atoms with Crippen LogP contribution < -0.4 is 5.73 Å². The summed E-state index contributed by atoms with van der Waals surface area (Å²) >= 11 is 6.81. The van der Waals surface area contributed by atoms with E-state index in [1.165, 1.54) is 6.92 Å². The maximum atomic E-state index is 12.4. The highest BCUT2D eigenvalue weighted by atomic mass is 35.5. The Morgan fingerprint density at radius 2 is 2.25 bits per heavy atom. The van der Waals surface area contributed by atoms with Crippen molar-refractivity contribution in [2.24, 2.45) is 5.73 Å². The molecule has 0 radical (unpaired) electrons. The summed E-state index contributed by atoms with van der Waals surface area (Å²) in [6.45, 7) is 1.27. The summed E-state index contributed by atoms with van der Waals surface area (Å²) < 4.78 is 24.8. The van der Waals surface area contributed by atoms with Crippen LogP contribution in [0.4, 0.5) is 8.78 Å². The quantitative estimate of drug-likeness (QED) is 0.800. The second-order valence-corrected chi connectivity index (χ2v) is 4.00. The van der Waals surface area contributed by atoms with Crippen molar-refractivity contribution in [2.45, 2.75) is 18.9 Å². The average molecular weight is 212 g/mol. The second kappa shape index (κ2) is 3.28. The number of alkyl halides is 2. The molecule has 1 nitrogen and oxygen atoms in total. The fourth-order valence-electron chi connectivity index (χ4n) is 0.777. The van der Waals surface area contributed by atoms with E-state index in [-0.39, 0.29) is 0 Å². The average Bonchev–Trinajstić information content (AvgIpc) is 2.35. The molecule has 1 unspecified atom stereocenters. The largest absolute Gasteiger partial charge is 0.316 e. The molecular weight excluding hydrogens is 204 g/mol. The first-order chi connectivity index (χ1) is 5.46. The SMILES string of the molecule is CC(N)(c1sccc1Cl)C(F)F. The smallest absolute Gasteiger partial charge is 0.260 e. The van der Waals surface area contributed by atoms with Crippen molar-refractivity contribution in [1.29, 1.82) is 0 Å². The lowest BCUT2D eigenvalue weighted by atomic mass is 10.0. The van der Waals surface area contributed by atoms with E-state index in [4.69, 9.17) is 17.3 Å². The lowest BCUT2D eigenvalue weighted by molar-refractivity contribution is 0.0645. The molecule has 1 aromatic heterocycles. The molecule has 0 fully saturated rings. The van der Waals surface area contributed by atoms with Gasteiger partial charge in [-0.1, -0.05) is 11.6 Å². The number of hydrogen-bond donors (Lipinski definition) is 1. The summed E-state index contributed by atoms with van der Waals surface area (Å²) in [5.74, 6) is 0. The molecule has 12 heavy (non-hydrogen) atoms. The van der Waals surface area contributed by atoms with Crippen molar-refractivity contribution in [3.63, 3.8) is 0 Å². The summed E-state index contributed by atoms with van der Waals surface area (Å²) in [5, 5.41) is 1.95. The highest BCUT2D eigenvalue weighted by Gasteiger charge is 2.35. The Balaban J connectivity index is 3.05. The molecule has 0 aliphatic rings. The van der Waals surface area contributed by atoms with Gasteiger partial charge in [0.25, 0.3) is 6.43 Å². The van der Waals surface area contributed by atoms with E-state index in [0.29, 0.717) is 9.90 Å². The van der Waals surface area contributed by atoms with Gasteiger partial charge in [-0.3, -0.25) is 0 Å². The van der Waals surface area contributed by atoms with Gasteiger partial charge in [0.15, 0.2) is 0 Å². The van der Waals surface area contributed by atoms with Crippen LogP contribution in [0.15, 0.2) is 11.4 Å². The van der Waals surface area contributed by atoms with Crippen LogP contribution in [-0.2, 0) is 5.54 Å². The molecule has 2 N–H and O–H groups in total. The van der Waals surface area contributed by atoms with Gasteiger partial charge in [0.1, 0.15) is 5.54 Å². The minimum atomic E-state index is -2.60. The van der Waals surface area contributed by atoms with Gasteiger partial charge in [-0.15, -0.1) is 11.3 Å². The number of rotatable bonds is 2. The zero-order valence-corrected chi connectivity index (χ0v) is 7.92. The van der Waals surface area contributed by atoms with Crippen LogP contribution in [-0.4, -0.2) is 6.43 Å². The van der Waals surface area contributed by atoms with E-state index in [1.807, 2.05) is 0 Å². The molecule has 0 spiro atoms. The molecule has 0 aliphatic carbocycles. The van der Waals surface area contributed by atoms with Crippen molar-refractivity contribution in [3.8, 4) is 0 Å². The zero-order valence-electron chi connectivity index (χ0n) is 6.35. The molecule has 0 saturated heterocycles. The lowest BCUT2D eigenvalue weighted by Gasteiger charge is -2.22. The molecule has 0 aromatic carbocycles. The van der Waals surface area contributed by atoms with Crippen LogP contribution in [0.2, 0.25) is 5.02 Å². The van der Waals surface area contributed by atoms with Gasteiger partial charge in [-0.25, -0.2) is 8.78 Å². The van der Waals surface area contributed by atoms with Crippen molar-refractivity contribution in [1.82, 2.24) is 0 Å². The summed E-state index contributed by atoms with van der Waals surface area (Å²) in [4.78, 5) is 0.333. The normalized spacial score (nSPS) is 16.5. The van der Waals surface area contributed by atoms with Gasteiger partial charge in [0.2, 0.25) is 0 Å². The van der Waals surface area contributed by atoms with Crippen LogP contribution in [0.5, 0.6) is 0 Å². The molecule has 68 valence electrons. The van der Waals surface area contributed by atoms with Gasteiger partial charge in [0, 0.05) is 4.88 Å². The number of halogens is 3. The molecule has 0 aliphatic heterocycles. The van der Waals surface area contributed by atoms with Crippen molar-refractivity contribution in [2.75, 3.05) is 0 Å². The molecule has 0 amide bonds. The molecule has 1 aromatic rings. The van der Waals surface area contributed by atoms with Gasteiger partial charge >= 0.3 is 0 Å². The van der Waals surface area contributed by atoms with E-state index in [2.05, 4.69) is 0 Å². The van der Waals surface area contributed by atoms with E-state index in [9.17, 15) is 8.78 Å². The third-order valence-electron chi connectivity index (χ3n) is 1.56. The topological polar surface area (TPSA) is 26.0 Å². The molecular formula is C7H8ClF2NS. The van der Waals surface area contributed by atoms with Crippen LogP contribution in [0.25, 0.3) is 0 Å². The number of nitrogens with two attached hydrogens (primary N) is 1. The highest BCUT2D eigenvalue weighted by molar-refractivity contribution is 7.10. The Labute approximate surface area is 78.1 Å². The van der Waals surface area contributed by atoms with Gasteiger partial charge in [0.05, 0.1) is 5.02 Å². The third kappa shape index (κ3) is 1.60. The Kier molecular flexibility index (Phi) is 2.70. The predicted molar refractivity (Wildman–Crippen MR) is 46.9 cm³/mol. The number of hydrogen-bond acceptors (Lipinski definition) is 2. The van der Waals surface area contributed by atoms with Crippen LogP contribution in [0.1, 0.15) is 11.8 Å². The van der Waals surface area contributed by atoms with Crippen LogP contribution in [0, 0.1) is 0 Å². The maximum Gasteiger partial charge on any atom is 0.260 e. The Bertz CT molecular complexity index is 272. The fraction of sp³-hybridized carbons (Fsp3) is 0.429. The van der Waals surface area contributed by atoms with Crippen molar-refractivity contribution in [3.05, 3.63) is 21.3 Å². The summed E-state index contributed by atoms with van der Waals surface area (Å²) in [5.41, 5.74) is 3.77. The molecule has 1 heterocycles. The van der Waals surface area contributed by atoms with Crippen molar-refractivity contribution >= 4 is 22.9 Å². The predicted octanol–water partition coefficient (Wildman–Crippen LogP) is 2.84. The van der Waals surface area contributed by atoms with Gasteiger partial charge < -0.3 is 5.73 Å². The summed E-state index contributed by atoms with van der Waals surface area (Å²) in [6.07, 6.45) is -2.60. The van der Waals surface area contributed by atoms with E-state index in [1.54, 1.807) is 11.4 Å². The Hall–Kier alpha value is -0.190. The molecule has 5 heteroatoms. The first-order valence-electron chi connectivity index (χ1n) is 3.26. The monoisotopic (exact) mass is 211 g/mol. The molecule has 0 saturated carbocycles. The molecule has 0 bridgehead atoms. The standard InChI is InChI=1S/C7H8ClF2NS/c1-7(11,6(9)10)5-4(8)2-3-12-5/h2-3,6H,11H2,1H3. The Morgan fingerprint density at radius 3 is 2.58 bits per heavy atom. The first-order valence-corrected chi connectivity index (χ1v) is 4.52. The molecule has 1 rings (SSSR count). The van der Waals surface area contributed by atoms with Crippen molar-refractivity contribution < 1.29 is 8.78 Å². The first kappa shape index (κ1) is 9.89. The van der Waals surface area contributed by atoms with Gasteiger partial charge in [-0.05, 0) is 18.4 Å². The lowest BCUT2D eigenvalue weighted by Crippen LogP contribution is -2.40. The van der Waals surface area contributed by atoms with E-state index >= 15 is 0 Å². The van der Waals surface area contributed by atoms with E-state index in [0.717, 1.165) is 11.3 Å². The summed E-state index contributed by atoms with van der Waals surface area (Å²) in [7, 11) is 0. The van der Waals surface area contributed by atoms with Crippen LogP contribution >= 0.6 is 22.9 Å². The molecule has 1 atom stereocenters. The van der Waals surface area contributed by atoms with E-state index < -0.39 is 12.0 Å². The van der Waals surface area contributed by atoms with Crippen LogP contribution in [0.3, 0.4) is 0 Å². The minimum absolute atomic E-state index is 0.310. The third-order valence-corrected chi connectivity index (χ3v) is 3.15. The fourth-order valence-corrected chi connectivity index (χ4v) is 2.12. The Morgan fingerprint density at radius 1 is 1.67 bits per heavy atom. The minimum Gasteiger partial charge on any atom is -0.316 e. The maximum absolute atomic E-state index is 12.4. The number of thiophene rings is 1. The summed E-state index contributed by atoms with van der Waals surface area (Å²) in [6, 6.07) is 1.56. The highest BCUT2D eigenvalue weighted by Crippen LogP contribution is 2.34. The zero-order chi connectivity index (χ0) is 9.35. The second-order valence-electron chi connectivity index (χ2n) is 2.68. The van der Waals surface area contributed by atoms with Gasteiger partial charge in [-0.2, -0.15) is 0 Å².